The van der Waals surface area contributed by atoms with Crippen LogP contribution in [0.15, 0.2) is 66.9 Å². The first-order valence-corrected chi connectivity index (χ1v) is 9.40. The first-order valence-electron chi connectivity index (χ1n) is 9.40. The van der Waals surface area contributed by atoms with E-state index in [0.717, 1.165) is 29.7 Å². The van der Waals surface area contributed by atoms with Crippen LogP contribution in [0.1, 0.15) is 39.2 Å². The molecule has 1 aliphatic carbocycles. The van der Waals surface area contributed by atoms with E-state index in [4.69, 9.17) is 4.74 Å². The van der Waals surface area contributed by atoms with E-state index >= 15 is 0 Å². The smallest absolute Gasteiger partial charge is 0.270 e. The second-order valence-electron chi connectivity index (χ2n) is 6.75. The summed E-state index contributed by atoms with van der Waals surface area (Å²) in [7, 11) is 1.66. The van der Waals surface area contributed by atoms with E-state index in [1.165, 1.54) is 16.7 Å². The summed E-state index contributed by atoms with van der Waals surface area (Å²) in [6.45, 7) is 0.383. The summed E-state index contributed by atoms with van der Waals surface area (Å²) in [5.41, 5.74) is 6.41. The van der Waals surface area contributed by atoms with Crippen LogP contribution >= 0.6 is 0 Å². The number of fused-ring (bicyclic) bond motifs is 1. The molecule has 0 bridgehead atoms. The zero-order chi connectivity index (χ0) is 19.3. The summed E-state index contributed by atoms with van der Waals surface area (Å²) < 4.78 is 5.59. The van der Waals surface area contributed by atoms with Crippen LogP contribution in [-0.4, -0.2) is 18.0 Å². The molecule has 0 spiro atoms. The van der Waals surface area contributed by atoms with Crippen molar-refractivity contribution in [2.24, 2.45) is 0 Å². The highest BCUT2D eigenvalue weighted by Gasteiger charge is 2.17. The van der Waals surface area contributed by atoms with Gasteiger partial charge in [-0.05, 0) is 53.3 Å². The number of benzene rings is 2. The Bertz CT molecular complexity index is 1030. The molecular formula is C24H22N2O2. The van der Waals surface area contributed by atoms with Crippen LogP contribution in [0.4, 0.5) is 0 Å². The van der Waals surface area contributed by atoms with Crippen LogP contribution in [0.2, 0.25) is 0 Å². The van der Waals surface area contributed by atoms with Gasteiger partial charge in [0.05, 0.1) is 7.11 Å². The minimum Gasteiger partial charge on any atom is -0.496 e. The largest absolute Gasteiger partial charge is 0.496 e. The number of methoxy groups -OCH3 is 1. The third-order valence-corrected chi connectivity index (χ3v) is 5.07. The second kappa shape index (κ2) is 8.09. The zero-order valence-corrected chi connectivity index (χ0v) is 15.8. The summed E-state index contributed by atoms with van der Waals surface area (Å²) in [5.74, 6) is 0.582. The van der Waals surface area contributed by atoms with Crippen LogP contribution in [0, 0.1) is 0 Å². The molecule has 0 saturated heterocycles. The lowest BCUT2D eigenvalue weighted by Gasteiger charge is -2.21. The number of ether oxygens (including phenoxy) is 1. The quantitative estimate of drug-likeness (QED) is 0.719. The molecule has 0 saturated carbocycles. The van der Waals surface area contributed by atoms with E-state index in [9.17, 15) is 4.79 Å². The Hall–Kier alpha value is -3.40. The van der Waals surface area contributed by atoms with Crippen molar-refractivity contribution >= 4 is 17.6 Å². The van der Waals surface area contributed by atoms with E-state index in [1.807, 2.05) is 12.1 Å². The van der Waals surface area contributed by atoms with E-state index in [1.54, 1.807) is 31.5 Å². The molecular weight excluding hydrogens is 348 g/mol. The molecule has 1 aromatic heterocycles. The Kier molecular flexibility index (Phi) is 5.20. The normalized spacial score (nSPS) is 12.7. The van der Waals surface area contributed by atoms with E-state index in [-0.39, 0.29) is 5.91 Å². The number of pyridine rings is 1. The van der Waals surface area contributed by atoms with Gasteiger partial charge in [-0.2, -0.15) is 0 Å². The molecule has 1 aliphatic rings. The van der Waals surface area contributed by atoms with Gasteiger partial charge in [-0.25, -0.2) is 0 Å². The molecule has 0 aliphatic heterocycles. The van der Waals surface area contributed by atoms with E-state index in [0.29, 0.717) is 12.2 Å². The molecule has 28 heavy (non-hydrogen) atoms. The third kappa shape index (κ3) is 3.67. The van der Waals surface area contributed by atoms with Crippen molar-refractivity contribution < 1.29 is 9.53 Å². The predicted octanol–water partition coefficient (Wildman–Crippen LogP) is 4.51. The summed E-state index contributed by atoms with van der Waals surface area (Å²) in [6, 6.07) is 19.8. The fourth-order valence-corrected chi connectivity index (χ4v) is 3.64. The minimum absolute atomic E-state index is 0.194. The minimum atomic E-state index is -0.194. The van der Waals surface area contributed by atoms with Gasteiger partial charge in [0, 0.05) is 18.3 Å². The maximum Gasteiger partial charge on any atom is 0.270 e. The van der Waals surface area contributed by atoms with Gasteiger partial charge in [0.2, 0.25) is 0 Å². The van der Waals surface area contributed by atoms with Gasteiger partial charge in [-0.3, -0.25) is 9.78 Å². The number of aromatic nitrogens is 1. The SMILES string of the molecule is COc1cccc(C2=Cc3ccccc3CC2)c1CNC(=O)c1ccccn1. The van der Waals surface area contributed by atoms with Gasteiger partial charge in [-0.15, -0.1) is 0 Å². The molecule has 2 aromatic carbocycles. The van der Waals surface area contributed by atoms with Crippen molar-refractivity contribution in [3.63, 3.8) is 0 Å². The molecule has 3 aromatic rings. The van der Waals surface area contributed by atoms with Gasteiger partial charge in [0.15, 0.2) is 0 Å². The average Bonchev–Trinajstić information content (AvgIpc) is 2.77. The van der Waals surface area contributed by atoms with Crippen LogP contribution in [0.5, 0.6) is 5.75 Å². The Morgan fingerprint density at radius 3 is 2.71 bits per heavy atom. The molecule has 0 fully saturated rings. The second-order valence-corrected chi connectivity index (χ2v) is 6.75. The number of carbonyl (C=O) groups excluding carboxylic acids is 1. The molecule has 4 heteroatoms. The van der Waals surface area contributed by atoms with Crippen molar-refractivity contribution in [2.45, 2.75) is 19.4 Å². The lowest BCUT2D eigenvalue weighted by molar-refractivity contribution is 0.0945. The number of nitrogens with one attached hydrogen (secondary N) is 1. The molecule has 1 heterocycles. The molecule has 0 atom stereocenters. The van der Waals surface area contributed by atoms with Crippen LogP contribution in [0.3, 0.4) is 0 Å². The molecule has 1 amide bonds. The van der Waals surface area contributed by atoms with E-state index in [2.05, 4.69) is 46.7 Å². The third-order valence-electron chi connectivity index (χ3n) is 5.07. The summed E-state index contributed by atoms with van der Waals surface area (Å²) >= 11 is 0. The van der Waals surface area contributed by atoms with Crippen LogP contribution < -0.4 is 10.1 Å². The Labute approximate surface area is 164 Å². The number of rotatable bonds is 5. The lowest BCUT2D eigenvalue weighted by Crippen LogP contribution is -2.24. The molecule has 140 valence electrons. The fourth-order valence-electron chi connectivity index (χ4n) is 3.64. The molecule has 0 radical (unpaired) electrons. The maximum absolute atomic E-state index is 12.4. The Morgan fingerprint density at radius 2 is 1.89 bits per heavy atom. The number of hydrogen-bond acceptors (Lipinski definition) is 3. The highest BCUT2D eigenvalue weighted by Crippen LogP contribution is 2.35. The number of aryl methyl sites for hydroxylation is 1. The fraction of sp³-hybridized carbons (Fsp3) is 0.167. The standard InChI is InChI=1S/C24H22N2O2/c1-28-23-11-6-9-20(19-13-12-17-7-2-3-8-18(17)15-19)21(23)16-26-24(27)22-10-4-5-14-25-22/h2-11,14-15H,12-13,16H2,1H3,(H,26,27). The average molecular weight is 370 g/mol. The summed E-state index contributed by atoms with van der Waals surface area (Å²) in [4.78, 5) is 16.6. The first kappa shape index (κ1) is 18.0. The highest BCUT2D eigenvalue weighted by atomic mass is 16.5. The Balaban J connectivity index is 1.64. The highest BCUT2D eigenvalue weighted by molar-refractivity contribution is 5.92. The maximum atomic E-state index is 12.4. The molecule has 0 unspecified atom stereocenters. The van der Waals surface area contributed by atoms with Gasteiger partial charge in [-0.1, -0.05) is 48.5 Å². The summed E-state index contributed by atoms with van der Waals surface area (Å²) in [6.07, 6.45) is 5.84. The Morgan fingerprint density at radius 1 is 1.04 bits per heavy atom. The lowest BCUT2D eigenvalue weighted by atomic mass is 9.86. The van der Waals surface area contributed by atoms with Gasteiger partial charge < -0.3 is 10.1 Å². The zero-order valence-electron chi connectivity index (χ0n) is 15.8. The number of amides is 1. The van der Waals surface area contributed by atoms with Gasteiger partial charge >= 0.3 is 0 Å². The monoisotopic (exact) mass is 370 g/mol. The van der Waals surface area contributed by atoms with Crippen LogP contribution in [-0.2, 0) is 13.0 Å². The molecule has 4 nitrogen and oxygen atoms in total. The predicted molar refractivity (Wildman–Crippen MR) is 111 cm³/mol. The first-order chi connectivity index (χ1) is 13.8. The summed E-state index contributed by atoms with van der Waals surface area (Å²) in [5, 5.41) is 2.98. The van der Waals surface area contributed by atoms with Crippen molar-refractivity contribution in [1.82, 2.24) is 10.3 Å². The molecule has 1 N–H and O–H groups in total. The van der Waals surface area contributed by atoms with E-state index < -0.39 is 0 Å². The number of carbonyl (C=O) groups is 1. The van der Waals surface area contributed by atoms with Crippen LogP contribution in [0.25, 0.3) is 11.6 Å². The van der Waals surface area contributed by atoms with Gasteiger partial charge in [0.1, 0.15) is 11.4 Å². The van der Waals surface area contributed by atoms with Crippen molar-refractivity contribution in [1.29, 1.82) is 0 Å². The van der Waals surface area contributed by atoms with Gasteiger partial charge in [0.25, 0.3) is 5.91 Å². The molecule has 4 rings (SSSR count). The number of nitrogens with zero attached hydrogens (tertiary/aromatic N) is 1. The van der Waals surface area contributed by atoms with Crippen molar-refractivity contribution in [3.8, 4) is 5.75 Å². The van der Waals surface area contributed by atoms with Crippen molar-refractivity contribution in [2.75, 3.05) is 7.11 Å². The van der Waals surface area contributed by atoms with Crippen molar-refractivity contribution in [3.05, 3.63) is 94.8 Å². The number of hydrogen-bond donors (Lipinski definition) is 1. The number of allylic oxidation sites excluding steroid dienone is 1. The topological polar surface area (TPSA) is 51.2 Å².